The van der Waals surface area contributed by atoms with Crippen LogP contribution in [0.4, 0.5) is 0 Å². The molecule has 0 aromatic rings. The van der Waals surface area contributed by atoms with Gasteiger partial charge in [0.25, 0.3) is 0 Å². The molecule has 4 nitrogen and oxygen atoms in total. The Balaban J connectivity index is 3.86. The molecule has 1 unspecified atom stereocenters. The summed E-state index contributed by atoms with van der Waals surface area (Å²) in [6.45, 7) is 4.82. The molecule has 4 N–H and O–H groups in total. The summed E-state index contributed by atoms with van der Waals surface area (Å²) < 4.78 is 0. The van der Waals surface area contributed by atoms with Crippen molar-refractivity contribution in [1.82, 2.24) is 5.32 Å². The fraction of sp³-hybridized carbons (Fsp3) is 0.923. The Morgan fingerprint density at radius 2 is 2.00 bits per heavy atom. The number of hydrogen-bond donors (Lipinski definition) is 3. The zero-order valence-corrected chi connectivity index (χ0v) is 11.2. The largest absolute Gasteiger partial charge is 0.394 e. The zero-order valence-electron chi connectivity index (χ0n) is 11.2. The summed E-state index contributed by atoms with van der Waals surface area (Å²) >= 11 is 0. The van der Waals surface area contributed by atoms with Crippen LogP contribution in [0.5, 0.6) is 0 Å². The highest BCUT2D eigenvalue weighted by Gasteiger charge is 2.12. The predicted octanol–water partition coefficient (Wildman–Crippen LogP) is 1.42. The van der Waals surface area contributed by atoms with Gasteiger partial charge >= 0.3 is 0 Å². The maximum atomic E-state index is 11.6. The summed E-state index contributed by atoms with van der Waals surface area (Å²) in [6.07, 6.45) is 5.49. The molecular formula is C13H28N2O2. The van der Waals surface area contributed by atoms with E-state index in [0.29, 0.717) is 18.9 Å². The van der Waals surface area contributed by atoms with Gasteiger partial charge in [0.1, 0.15) is 0 Å². The first kappa shape index (κ1) is 16.4. The van der Waals surface area contributed by atoms with Gasteiger partial charge < -0.3 is 16.2 Å². The Labute approximate surface area is 105 Å². The van der Waals surface area contributed by atoms with E-state index in [2.05, 4.69) is 12.2 Å². The lowest BCUT2D eigenvalue weighted by molar-refractivity contribution is -0.122. The van der Waals surface area contributed by atoms with Gasteiger partial charge in [-0.1, -0.05) is 26.7 Å². The van der Waals surface area contributed by atoms with Crippen LogP contribution in [-0.2, 0) is 4.79 Å². The van der Waals surface area contributed by atoms with Gasteiger partial charge in [-0.3, -0.25) is 4.79 Å². The fourth-order valence-corrected chi connectivity index (χ4v) is 1.99. The minimum absolute atomic E-state index is 0.0173. The van der Waals surface area contributed by atoms with Crippen LogP contribution in [0.15, 0.2) is 0 Å². The van der Waals surface area contributed by atoms with Crippen LogP contribution in [0.2, 0.25) is 0 Å². The lowest BCUT2D eigenvalue weighted by Crippen LogP contribution is -2.37. The number of carbonyl (C=O) groups excluding carboxylic acids is 1. The summed E-state index contributed by atoms with van der Waals surface area (Å²) in [5, 5.41) is 11.8. The molecule has 0 heterocycles. The maximum Gasteiger partial charge on any atom is 0.220 e. The van der Waals surface area contributed by atoms with Crippen LogP contribution in [-0.4, -0.2) is 30.2 Å². The minimum atomic E-state index is -0.0957. The van der Waals surface area contributed by atoms with Gasteiger partial charge in [0.2, 0.25) is 5.91 Å². The second kappa shape index (κ2) is 10.5. The molecule has 17 heavy (non-hydrogen) atoms. The molecule has 4 heteroatoms. The summed E-state index contributed by atoms with van der Waals surface area (Å²) in [5.74, 6) is 0.606. The van der Waals surface area contributed by atoms with E-state index in [1.807, 2.05) is 6.92 Å². The molecule has 0 saturated carbocycles. The van der Waals surface area contributed by atoms with Crippen LogP contribution in [0, 0.1) is 5.92 Å². The fourth-order valence-electron chi connectivity index (χ4n) is 1.99. The van der Waals surface area contributed by atoms with Gasteiger partial charge in [-0.25, -0.2) is 0 Å². The molecule has 0 saturated heterocycles. The van der Waals surface area contributed by atoms with E-state index >= 15 is 0 Å². The highest BCUT2D eigenvalue weighted by atomic mass is 16.3. The number of amides is 1. The van der Waals surface area contributed by atoms with Gasteiger partial charge in [0.05, 0.1) is 12.6 Å². The molecule has 0 spiro atoms. The van der Waals surface area contributed by atoms with E-state index in [1.165, 1.54) is 0 Å². The van der Waals surface area contributed by atoms with Crippen LogP contribution in [0.3, 0.4) is 0 Å². The van der Waals surface area contributed by atoms with Crippen molar-refractivity contribution in [3.05, 3.63) is 0 Å². The Morgan fingerprint density at radius 3 is 2.47 bits per heavy atom. The average Bonchev–Trinajstić information content (AvgIpc) is 2.33. The zero-order chi connectivity index (χ0) is 13.1. The second-order valence-corrected chi connectivity index (χ2v) is 4.63. The third kappa shape index (κ3) is 8.16. The average molecular weight is 244 g/mol. The number of nitrogens with two attached hydrogens (primary N) is 1. The lowest BCUT2D eigenvalue weighted by Gasteiger charge is -2.17. The van der Waals surface area contributed by atoms with Gasteiger partial charge in [-0.2, -0.15) is 0 Å². The van der Waals surface area contributed by atoms with Crippen molar-refractivity contribution in [3.63, 3.8) is 0 Å². The topological polar surface area (TPSA) is 75.4 Å². The molecule has 2 atom stereocenters. The molecule has 1 amide bonds. The number of hydrogen-bond acceptors (Lipinski definition) is 3. The van der Waals surface area contributed by atoms with Crippen LogP contribution in [0.25, 0.3) is 0 Å². The Hall–Kier alpha value is -0.610. The van der Waals surface area contributed by atoms with Crippen molar-refractivity contribution < 1.29 is 9.90 Å². The van der Waals surface area contributed by atoms with Gasteiger partial charge in [0, 0.05) is 6.42 Å². The van der Waals surface area contributed by atoms with Crippen molar-refractivity contribution in [3.8, 4) is 0 Å². The molecule has 0 aliphatic rings. The third-order valence-corrected chi connectivity index (χ3v) is 3.13. The van der Waals surface area contributed by atoms with E-state index in [0.717, 1.165) is 32.1 Å². The smallest absolute Gasteiger partial charge is 0.220 e. The molecule has 0 aromatic carbocycles. The first-order valence-electron chi connectivity index (χ1n) is 6.78. The van der Waals surface area contributed by atoms with E-state index in [9.17, 15) is 4.79 Å². The second-order valence-electron chi connectivity index (χ2n) is 4.63. The minimum Gasteiger partial charge on any atom is -0.394 e. The molecule has 0 bridgehead atoms. The van der Waals surface area contributed by atoms with Crippen molar-refractivity contribution in [1.29, 1.82) is 0 Å². The number of carbonyl (C=O) groups is 1. The Kier molecular flexibility index (Phi) is 10.2. The third-order valence-electron chi connectivity index (χ3n) is 3.13. The number of aliphatic hydroxyl groups is 1. The van der Waals surface area contributed by atoms with Gasteiger partial charge in [-0.15, -0.1) is 0 Å². The predicted molar refractivity (Wildman–Crippen MR) is 70.6 cm³/mol. The summed E-state index contributed by atoms with van der Waals surface area (Å²) in [6, 6.07) is -0.0957. The lowest BCUT2D eigenvalue weighted by atomic mass is 9.94. The summed E-state index contributed by atoms with van der Waals surface area (Å²) in [7, 11) is 0. The van der Waals surface area contributed by atoms with Crippen molar-refractivity contribution in [2.75, 3.05) is 13.2 Å². The molecule has 0 fully saturated rings. The first-order chi connectivity index (χ1) is 8.17. The van der Waals surface area contributed by atoms with Gasteiger partial charge in [-0.05, 0) is 31.7 Å². The highest BCUT2D eigenvalue weighted by Crippen LogP contribution is 2.16. The molecule has 0 rings (SSSR count). The van der Waals surface area contributed by atoms with E-state index < -0.39 is 0 Å². The summed E-state index contributed by atoms with van der Waals surface area (Å²) in [5.41, 5.74) is 5.56. The number of nitrogens with one attached hydrogen (secondary N) is 1. The molecule has 0 aromatic heterocycles. The van der Waals surface area contributed by atoms with E-state index in [4.69, 9.17) is 10.8 Å². The molecule has 102 valence electrons. The van der Waals surface area contributed by atoms with Gasteiger partial charge in [0.15, 0.2) is 0 Å². The molecular weight excluding hydrogens is 216 g/mol. The quantitative estimate of drug-likeness (QED) is 0.544. The van der Waals surface area contributed by atoms with E-state index in [-0.39, 0.29) is 18.6 Å². The van der Waals surface area contributed by atoms with Crippen LogP contribution in [0.1, 0.15) is 52.4 Å². The van der Waals surface area contributed by atoms with Crippen molar-refractivity contribution >= 4 is 5.91 Å². The van der Waals surface area contributed by atoms with E-state index in [1.54, 1.807) is 0 Å². The highest BCUT2D eigenvalue weighted by molar-refractivity contribution is 5.76. The molecule has 0 aliphatic heterocycles. The first-order valence-corrected chi connectivity index (χ1v) is 6.78. The van der Waals surface area contributed by atoms with Crippen molar-refractivity contribution in [2.45, 2.75) is 58.4 Å². The maximum absolute atomic E-state index is 11.6. The molecule has 0 radical (unpaired) electrons. The van der Waals surface area contributed by atoms with Crippen molar-refractivity contribution in [2.24, 2.45) is 11.7 Å². The van der Waals surface area contributed by atoms with Crippen LogP contribution >= 0.6 is 0 Å². The van der Waals surface area contributed by atoms with Crippen LogP contribution < -0.4 is 11.1 Å². The SMILES string of the molecule is CCCC(CCN)CCC(=O)N[C@H](CC)CO. The number of aliphatic hydroxyl groups excluding tert-OH is 1. The normalized spacial score (nSPS) is 14.4. The monoisotopic (exact) mass is 244 g/mol. The summed E-state index contributed by atoms with van der Waals surface area (Å²) in [4.78, 5) is 11.6. The number of rotatable bonds is 10. The Morgan fingerprint density at radius 1 is 1.29 bits per heavy atom. The molecule has 0 aliphatic carbocycles. The Bertz CT molecular complexity index is 188. The standard InChI is InChI=1S/C13H28N2O2/c1-3-5-11(8-9-14)6-7-13(17)15-12(4-2)10-16/h11-12,16H,3-10,14H2,1-2H3,(H,15,17)/t11?,12-/m1/s1.